The lowest BCUT2D eigenvalue weighted by Gasteiger charge is -2.23. The molecule has 3 rings (SSSR count). The number of nitrogens with one attached hydrogen (secondary N) is 1. The van der Waals surface area contributed by atoms with Crippen molar-refractivity contribution in [1.29, 1.82) is 0 Å². The molecule has 1 N–H and O–H groups in total. The fourth-order valence-electron chi connectivity index (χ4n) is 2.72. The first kappa shape index (κ1) is 16.8. The van der Waals surface area contributed by atoms with Crippen LogP contribution in [0.4, 0.5) is 5.13 Å². The standard InChI is InChI=1S/C18H23N3O2S/c1-4-19-18-20-12(2)16(24-18)17(22)21(14-9-10-14)11-13-7-5-6-8-15(13)23-3/h5-8,14H,4,9-11H2,1-3H3,(H,19,20). The summed E-state index contributed by atoms with van der Waals surface area (Å²) in [7, 11) is 1.66. The van der Waals surface area contributed by atoms with Crippen LogP contribution in [0.2, 0.25) is 0 Å². The average molecular weight is 345 g/mol. The molecule has 0 bridgehead atoms. The molecule has 1 saturated carbocycles. The summed E-state index contributed by atoms with van der Waals surface area (Å²) in [5, 5.41) is 4.00. The normalized spacial score (nSPS) is 13.6. The molecule has 128 valence electrons. The maximum Gasteiger partial charge on any atom is 0.266 e. The Hall–Kier alpha value is -2.08. The van der Waals surface area contributed by atoms with E-state index in [4.69, 9.17) is 4.74 Å². The largest absolute Gasteiger partial charge is 0.496 e. The zero-order valence-electron chi connectivity index (χ0n) is 14.3. The summed E-state index contributed by atoms with van der Waals surface area (Å²) in [5.74, 6) is 0.896. The van der Waals surface area contributed by atoms with Crippen molar-refractivity contribution >= 4 is 22.4 Å². The highest BCUT2D eigenvalue weighted by molar-refractivity contribution is 7.17. The molecule has 0 unspecified atom stereocenters. The molecule has 0 aliphatic heterocycles. The first-order valence-corrected chi connectivity index (χ1v) is 9.09. The molecule has 6 heteroatoms. The van der Waals surface area contributed by atoms with E-state index in [-0.39, 0.29) is 5.91 Å². The highest BCUT2D eigenvalue weighted by Gasteiger charge is 2.35. The van der Waals surface area contributed by atoms with Crippen LogP contribution in [-0.2, 0) is 6.54 Å². The van der Waals surface area contributed by atoms with Gasteiger partial charge in [0, 0.05) is 24.7 Å². The maximum atomic E-state index is 13.1. The molecule has 1 amide bonds. The Kier molecular flexibility index (Phi) is 5.04. The predicted octanol–water partition coefficient (Wildman–Crippen LogP) is 3.70. The Balaban J connectivity index is 1.84. The lowest BCUT2D eigenvalue weighted by atomic mass is 10.1. The highest BCUT2D eigenvalue weighted by Crippen LogP contribution is 2.34. The minimum absolute atomic E-state index is 0.0718. The maximum absolute atomic E-state index is 13.1. The van der Waals surface area contributed by atoms with Crippen molar-refractivity contribution in [2.24, 2.45) is 0 Å². The number of rotatable bonds is 7. The molecule has 2 aromatic rings. The van der Waals surface area contributed by atoms with Crippen LogP contribution < -0.4 is 10.1 Å². The van der Waals surface area contributed by atoms with Crippen molar-refractivity contribution in [3.8, 4) is 5.75 Å². The molecule has 0 atom stereocenters. The Labute approximate surface area is 146 Å². The zero-order chi connectivity index (χ0) is 17.1. The number of aromatic nitrogens is 1. The third-order valence-electron chi connectivity index (χ3n) is 4.10. The number of benzene rings is 1. The number of nitrogens with zero attached hydrogens (tertiary/aromatic N) is 2. The molecule has 1 aliphatic carbocycles. The van der Waals surface area contributed by atoms with Crippen LogP contribution >= 0.6 is 11.3 Å². The quantitative estimate of drug-likeness (QED) is 0.831. The third-order valence-corrected chi connectivity index (χ3v) is 5.20. The van der Waals surface area contributed by atoms with Gasteiger partial charge in [0.1, 0.15) is 10.6 Å². The van der Waals surface area contributed by atoms with Gasteiger partial charge >= 0.3 is 0 Å². The highest BCUT2D eigenvalue weighted by atomic mass is 32.1. The number of aryl methyl sites for hydroxylation is 1. The second-order valence-corrected chi connectivity index (χ2v) is 6.94. The third kappa shape index (κ3) is 3.53. The second-order valence-electron chi connectivity index (χ2n) is 5.94. The van der Waals surface area contributed by atoms with Crippen molar-refractivity contribution < 1.29 is 9.53 Å². The Morgan fingerprint density at radius 2 is 2.17 bits per heavy atom. The van der Waals surface area contributed by atoms with E-state index in [1.165, 1.54) is 11.3 Å². The van der Waals surface area contributed by atoms with Crippen LogP contribution in [0.15, 0.2) is 24.3 Å². The number of ether oxygens (including phenoxy) is 1. The number of amides is 1. The van der Waals surface area contributed by atoms with Gasteiger partial charge in [-0.05, 0) is 32.8 Å². The molecule has 0 spiro atoms. The molecule has 1 heterocycles. The van der Waals surface area contributed by atoms with E-state index in [9.17, 15) is 4.79 Å². The zero-order valence-corrected chi connectivity index (χ0v) is 15.2. The number of anilines is 1. The number of carbonyl (C=O) groups is 1. The summed E-state index contributed by atoms with van der Waals surface area (Å²) < 4.78 is 5.43. The number of para-hydroxylation sites is 1. The number of thiazole rings is 1. The van der Waals surface area contributed by atoms with Gasteiger partial charge in [-0.3, -0.25) is 4.79 Å². The molecular formula is C18H23N3O2S. The Morgan fingerprint density at radius 3 is 2.83 bits per heavy atom. The minimum Gasteiger partial charge on any atom is -0.496 e. The van der Waals surface area contributed by atoms with Crippen LogP contribution in [-0.4, -0.2) is 35.5 Å². The smallest absolute Gasteiger partial charge is 0.266 e. The molecule has 5 nitrogen and oxygen atoms in total. The van der Waals surface area contributed by atoms with Gasteiger partial charge in [-0.1, -0.05) is 29.5 Å². The Bertz CT molecular complexity index is 725. The van der Waals surface area contributed by atoms with Gasteiger partial charge in [0.05, 0.1) is 12.8 Å². The van der Waals surface area contributed by atoms with E-state index < -0.39 is 0 Å². The lowest BCUT2D eigenvalue weighted by Crippen LogP contribution is -2.32. The monoisotopic (exact) mass is 345 g/mol. The van der Waals surface area contributed by atoms with Crippen molar-refractivity contribution in [3.63, 3.8) is 0 Å². The number of hydrogen-bond donors (Lipinski definition) is 1. The topological polar surface area (TPSA) is 54.5 Å². The van der Waals surface area contributed by atoms with E-state index in [2.05, 4.69) is 10.3 Å². The molecule has 1 aromatic heterocycles. The fourth-order valence-corrected chi connectivity index (χ4v) is 3.71. The molecule has 24 heavy (non-hydrogen) atoms. The fraction of sp³-hybridized carbons (Fsp3) is 0.444. The summed E-state index contributed by atoms with van der Waals surface area (Å²) >= 11 is 1.44. The molecular weight excluding hydrogens is 322 g/mol. The van der Waals surface area contributed by atoms with Gasteiger partial charge in [0.15, 0.2) is 5.13 Å². The van der Waals surface area contributed by atoms with E-state index in [0.717, 1.165) is 46.4 Å². The molecule has 1 aliphatic rings. The van der Waals surface area contributed by atoms with Crippen molar-refractivity contribution in [1.82, 2.24) is 9.88 Å². The van der Waals surface area contributed by atoms with Crippen LogP contribution in [0.3, 0.4) is 0 Å². The van der Waals surface area contributed by atoms with E-state index >= 15 is 0 Å². The van der Waals surface area contributed by atoms with Gasteiger partial charge in [0.2, 0.25) is 0 Å². The van der Waals surface area contributed by atoms with Crippen molar-refractivity contribution in [2.75, 3.05) is 19.0 Å². The molecule has 0 radical (unpaired) electrons. The van der Waals surface area contributed by atoms with Gasteiger partial charge in [0.25, 0.3) is 5.91 Å². The minimum atomic E-state index is 0.0718. The van der Waals surface area contributed by atoms with Crippen molar-refractivity contribution in [3.05, 3.63) is 40.4 Å². The van der Waals surface area contributed by atoms with Crippen molar-refractivity contribution in [2.45, 2.75) is 39.3 Å². The van der Waals surface area contributed by atoms with Gasteiger partial charge < -0.3 is 15.0 Å². The summed E-state index contributed by atoms with van der Waals surface area (Å²) in [4.78, 5) is 20.3. The van der Waals surface area contributed by atoms with E-state index in [1.807, 2.05) is 43.0 Å². The van der Waals surface area contributed by atoms with Crippen LogP contribution in [0.5, 0.6) is 5.75 Å². The Morgan fingerprint density at radius 1 is 1.42 bits per heavy atom. The molecule has 1 fully saturated rings. The lowest BCUT2D eigenvalue weighted by molar-refractivity contribution is 0.0733. The predicted molar refractivity (Wildman–Crippen MR) is 96.9 cm³/mol. The summed E-state index contributed by atoms with van der Waals surface area (Å²) in [6.45, 7) is 5.30. The van der Waals surface area contributed by atoms with Crippen LogP contribution in [0, 0.1) is 6.92 Å². The number of hydrogen-bond acceptors (Lipinski definition) is 5. The molecule has 1 aromatic carbocycles. The summed E-state index contributed by atoms with van der Waals surface area (Å²) in [5.41, 5.74) is 1.83. The van der Waals surface area contributed by atoms with Crippen LogP contribution in [0.25, 0.3) is 0 Å². The number of methoxy groups -OCH3 is 1. The summed E-state index contributed by atoms with van der Waals surface area (Å²) in [6, 6.07) is 8.21. The SMILES string of the molecule is CCNc1nc(C)c(C(=O)N(Cc2ccccc2OC)C2CC2)s1. The van der Waals surface area contributed by atoms with Crippen LogP contribution in [0.1, 0.15) is 40.7 Å². The van der Waals surface area contributed by atoms with E-state index in [1.54, 1.807) is 7.11 Å². The first-order chi connectivity index (χ1) is 11.6. The summed E-state index contributed by atoms with van der Waals surface area (Å²) in [6.07, 6.45) is 2.14. The molecule has 0 saturated heterocycles. The van der Waals surface area contributed by atoms with Gasteiger partial charge in [-0.2, -0.15) is 0 Å². The first-order valence-electron chi connectivity index (χ1n) is 8.28. The van der Waals surface area contributed by atoms with E-state index in [0.29, 0.717) is 12.6 Å². The van der Waals surface area contributed by atoms with Gasteiger partial charge in [-0.25, -0.2) is 4.98 Å². The number of carbonyl (C=O) groups excluding carboxylic acids is 1. The average Bonchev–Trinajstić information content (AvgIpc) is 3.36. The second kappa shape index (κ2) is 7.21. The van der Waals surface area contributed by atoms with Gasteiger partial charge in [-0.15, -0.1) is 0 Å².